The summed E-state index contributed by atoms with van der Waals surface area (Å²) in [6, 6.07) is 6.97. The molecule has 0 aromatic heterocycles. The fraction of sp³-hybridized carbons (Fsp3) is 0.385. The van der Waals surface area contributed by atoms with Gasteiger partial charge in [-0.3, -0.25) is 4.79 Å². The molecule has 0 atom stereocenters. The fourth-order valence-corrected chi connectivity index (χ4v) is 1.42. The molecule has 0 saturated heterocycles. The summed E-state index contributed by atoms with van der Waals surface area (Å²) in [5, 5.41) is 14.5. The molecule has 0 fully saturated rings. The fourth-order valence-electron chi connectivity index (χ4n) is 1.42. The van der Waals surface area contributed by atoms with Crippen molar-refractivity contribution in [2.24, 2.45) is 0 Å². The first kappa shape index (κ1) is 13.8. The van der Waals surface area contributed by atoms with Crippen LogP contribution in [0.25, 0.3) is 0 Å². The van der Waals surface area contributed by atoms with Crippen LogP contribution in [0.4, 0.5) is 11.4 Å². The monoisotopic (exact) mass is 246 g/mol. The number of nitrogens with zero attached hydrogens (tertiary/aromatic N) is 1. The van der Waals surface area contributed by atoms with Gasteiger partial charge in [0.2, 0.25) is 5.91 Å². The highest BCUT2D eigenvalue weighted by Crippen LogP contribution is 2.16. The Morgan fingerprint density at radius 1 is 1.44 bits per heavy atom. The van der Waals surface area contributed by atoms with E-state index < -0.39 is 0 Å². The second-order valence-corrected chi connectivity index (χ2v) is 5.07. The number of carbonyl (C=O) groups excluding carboxylic acids is 1. The summed E-state index contributed by atoms with van der Waals surface area (Å²) in [6.07, 6.45) is 0. The first-order valence-corrected chi connectivity index (χ1v) is 5.66. The number of nitrogens with two attached hydrogens (primary N) is 1. The minimum Gasteiger partial charge on any atom is -0.398 e. The molecule has 18 heavy (non-hydrogen) atoms. The first-order valence-electron chi connectivity index (χ1n) is 5.66. The van der Waals surface area contributed by atoms with E-state index in [2.05, 4.69) is 10.6 Å². The highest BCUT2D eigenvalue weighted by molar-refractivity contribution is 5.81. The van der Waals surface area contributed by atoms with E-state index in [-0.39, 0.29) is 18.0 Å². The van der Waals surface area contributed by atoms with Gasteiger partial charge in [0.25, 0.3) is 0 Å². The lowest BCUT2D eigenvalue weighted by atomic mass is 10.1. The van der Waals surface area contributed by atoms with Crippen molar-refractivity contribution < 1.29 is 4.79 Å². The Bertz CT molecular complexity index is 483. The second kappa shape index (κ2) is 5.41. The largest absolute Gasteiger partial charge is 0.398 e. The van der Waals surface area contributed by atoms with Crippen molar-refractivity contribution in [2.75, 3.05) is 17.6 Å². The molecule has 96 valence electrons. The molecule has 4 N–H and O–H groups in total. The molecular formula is C13H18N4O. The topological polar surface area (TPSA) is 90.9 Å². The molecule has 5 nitrogen and oxygen atoms in total. The average Bonchev–Trinajstić information content (AvgIpc) is 2.24. The highest BCUT2D eigenvalue weighted by Gasteiger charge is 2.13. The molecule has 0 aliphatic heterocycles. The number of hydrogen-bond acceptors (Lipinski definition) is 4. The van der Waals surface area contributed by atoms with Gasteiger partial charge in [-0.1, -0.05) is 0 Å². The molecule has 5 heteroatoms. The van der Waals surface area contributed by atoms with Crippen molar-refractivity contribution in [3.8, 4) is 6.07 Å². The van der Waals surface area contributed by atoms with E-state index in [1.54, 1.807) is 18.2 Å². The molecule has 0 unspecified atom stereocenters. The first-order chi connectivity index (χ1) is 8.31. The summed E-state index contributed by atoms with van der Waals surface area (Å²) in [5.74, 6) is -0.0922. The van der Waals surface area contributed by atoms with E-state index in [4.69, 9.17) is 11.0 Å². The number of nitrogen functional groups attached to an aromatic ring is 1. The third-order valence-electron chi connectivity index (χ3n) is 2.14. The van der Waals surface area contributed by atoms with Crippen LogP contribution in [0.1, 0.15) is 26.3 Å². The maximum atomic E-state index is 11.6. The minimum absolute atomic E-state index is 0.0922. The Hall–Kier alpha value is -2.22. The molecule has 0 saturated carbocycles. The van der Waals surface area contributed by atoms with Crippen LogP contribution in [0.5, 0.6) is 0 Å². The lowest BCUT2D eigenvalue weighted by Crippen LogP contribution is -2.43. The van der Waals surface area contributed by atoms with Crippen molar-refractivity contribution in [1.82, 2.24) is 5.32 Å². The second-order valence-electron chi connectivity index (χ2n) is 5.07. The number of hydrogen-bond donors (Lipinski definition) is 3. The summed E-state index contributed by atoms with van der Waals surface area (Å²) in [7, 11) is 0. The van der Waals surface area contributed by atoms with Crippen LogP contribution in [-0.4, -0.2) is 18.0 Å². The number of carbonyl (C=O) groups is 1. The quantitative estimate of drug-likeness (QED) is 0.704. The van der Waals surface area contributed by atoms with Gasteiger partial charge in [0.15, 0.2) is 0 Å². The lowest BCUT2D eigenvalue weighted by molar-refractivity contribution is -0.120. The van der Waals surface area contributed by atoms with Crippen LogP contribution >= 0.6 is 0 Å². The zero-order chi connectivity index (χ0) is 13.8. The van der Waals surface area contributed by atoms with Gasteiger partial charge in [0, 0.05) is 11.2 Å². The van der Waals surface area contributed by atoms with Crippen LogP contribution in [0.3, 0.4) is 0 Å². The number of nitrogens with one attached hydrogen (secondary N) is 2. The van der Waals surface area contributed by atoms with Gasteiger partial charge in [0.1, 0.15) is 6.07 Å². The number of anilines is 2. The van der Waals surface area contributed by atoms with E-state index in [9.17, 15) is 4.79 Å². The SMILES string of the molecule is CC(C)(C)NC(=O)CNc1ccc(C#N)c(N)c1. The van der Waals surface area contributed by atoms with Crippen LogP contribution in [-0.2, 0) is 4.79 Å². The van der Waals surface area contributed by atoms with Crippen LogP contribution in [0.15, 0.2) is 18.2 Å². The van der Waals surface area contributed by atoms with E-state index in [0.717, 1.165) is 5.69 Å². The lowest BCUT2D eigenvalue weighted by Gasteiger charge is -2.20. The summed E-state index contributed by atoms with van der Waals surface area (Å²) in [6.45, 7) is 5.93. The molecule has 1 rings (SSSR count). The zero-order valence-corrected chi connectivity index (χ0v) is 10.9. The predicted molar refractivity (Wildman–Crippen MR) is 72.0 cm³/mol. The van der Waals surface area contributed by atoms with Crippen molar-refractivity contribution in [3.05, 3.63) is 23.8 Å². The molecule has 0 aliphatic carbocycles. The van der Waals surface area contributed by atoms with E-state index in [1.807, 2.05) is 26.8 Å². The molecule has 0 radical (unpaired) electrons. The number of benzene rings is 1. The van der Waals surface area contributed by atoms with Gasteiger partial charge in [-0.2, -0.15) is 5.26 Å². The summed E-state index contributed by atoms with van der Waals surface area (Å²) >= 11 is 0. The Morgan fingerprint density at radius 2 is 2.11 bits per heavy atom. The standard InChI is InChI=1S/C13H18N4O/c1-13(2,3)17-12(18)8-16-10-5-4-9(7-14)11(15)6-10/h4-6,16H,8,15H2,1-3H3,(H,17,18). The van der Waals surface area contributed by atoms with Crippen LogP contribution < -0.4 is 16.4 Å². The molecule has 1 amide bonds. The maximum absolute atomic E-state index is 11.6. The van der Waals surface area contributed by atoms with Crippen molar-refractivity contribution >= 4 is 17.3 Å². The average molecular weight is 246 g/mol. The minimum atomic E-state index is -0.248. The van der Waals surface area contributed by atoms with Crippen molar-refractivity contribution in [1.29, 1.82) is 5.26 Å². The van der Waals surface area contributed by atoms with Gasteiger partial charge in [-0.25, -0.2) is 0 Å². The normalized spacial score (nSPS) is 10.6. The number of amides is 1. The summed E-state index contributed by atoms with van der Waals surface area (Å²) in [4.78, 5) is 11.6. The van der Waals surface area contributed by atoms with Gasteiger partial charge in [0.05, 0.1) is 17.8 Å². The van der Waals surface area contributed by atoms with E-state index in [0.29, 0.717) is 11.3 Å². The van der Waals surface area contributed by atoms with Crippen molar-refractivity contribution in [2.45, 2.75) is 26.3 Å². The van der Waals surface area contributed by atoms with Gasteiger partial charge < -0.3 is 16.4 Å². The maximum Gasteiger partial charge on any atom is 0.239 e. The van der Waals surface area contributed by atoms with Crippen LogP contribution in [0, 0.1) is 11.3 Å². The van der Waals surface area contributed by atoms with Gasteiger partial charge >= 0.3 is 0 Å². The smallest absolute Gasteiger partial charge is 0.239 e. The van der Waals surface area contributed by atoms with Crippen LogP contribution in [0.2, 0.25) is 0 Å². The van der Waals surface area contributed by atoms with E-state index in [1.165, 1.54) is 0 Å². The molecular weight excluding hydrogens is 228 g/mol. The van der Waals surface area contributed by atoms with Crippen molar-refractivity contribution in [3.63, 3.8) is 0 Å². The molecule has 0 heterocycles. The predicted octanol–water partition coefficient (Wildman–Crippen LogP) is 1.47. The molecule has 0 bridgehead atoms. The molecule has 1 aromatic carbocycles. The van der Waals surface area contributed by atoms with Gasteiger partial charge in [-0.15, -0.1) is 0 Å². The summed E-state index contributed by atoms with van der Waals surface area (Å²) in [5.41, 5.74) is 6.98. The Balaban J connectivity index is 2.57. The number of nitriles is 1. The third kappa shape index (κ3) is 4.34. The zero-order valence-electron chi connectivity index (χ0n) is 10.9. The molecule has 1 aromatic rings. The summed E-state index contributed by atoms with van der Waals surface area (Å²) < 4.78 is 0. The third-order valence-corrected chi connectivity index (χ3v) is 2.14. The molecule has 0 spiro atoms. The Morgan fingerprint density at radius 3 is 2.61 bits per heavy atom. The van der Waals surface area contributed by atoms with E-state index >= 15 is 0 Å². The van der Waals surface area contributed by atoms with Gasteiger partial charge in [-0.05, 0) is 39.0 Å². The highest BCUT2D eigenvalue weighted by atomic mass is 16.2. The Kier molecular flexibility index (Phi) is 4.16. The molecule has 0 aliphatic rings. The Labute approximate surface area is 107 Å². The number of rotatable bonds is 3.